The third kappa shape index (κ3) is 5.33. The molecule has 11 nitrogen and oxygen atoms in total. The maximum atomic E-state index is 13.6. The lowest BCUT2D eigenvalue weighted by Crippen LogP contribution is -2.36. The van der Waals surface area contributed by atoms with Crippen molar-refractivity contribution < 1.29 is 32.6 Å². The number of para-hydroxylation sites is 1. The van der Waals surface area contributed by atoms with E-state index in [-0.39, 0.29) is 18.7 Å². The lowest BCUT2D eigenvalue weighted by Gasteiger charge is -2.24. The quantitative estimate of drug-likeness (QED) is 0.411. The van der Waals surface area contributed by atoms with Crippen LogP contribution in [0.1, 0.15) is 40.3 Å². The summed E-state index contributed by atoms with van der Waals surface area (Å²) >= 11 is 0. The number of benzene rings is 1. The van der Waals surface area contributed by atoms with Gasteiger partial charge < -0.3 is 18.7 Å². The van der Waals surface area contributed by atoms with Crippen LogP contribution in [-0.4, -0.2) is 46.0 Å². The molecule has 2 aliphatic rings. The monoisotopic (exact) mass is 493 g/mol. The Kier molecular flexibility index (Phi) is 6.82. The molecule has 0 amide bonds. The Morgan fingerprint density at radius 2 is 2.03 bits per heavy atom. The van der Waals surface area contributed by atoms with Gasteiger partial charge in [0, 0.05) is 18.7 Å². The minimum atomic E-state index is -4.00. The summed E-state index contributed by atoms with van der Waals surface area (Å²) in [4.78, 5) is 27.7. The SMILES string of the molecule is CC(C)OC(=O)[C@H](C)NP(=O)(OC[C@@H]1C[C@]2(C)Oc3nc(=O)ccn3[C@@H]2O1)Oc1ccccc1. The molecule has 12 heteroatoms. The largest absolute Gasteiger partial charge is 0.462 e. The number of aromatic nitrogens is 2. The van der Waals surface area contributed by atoms with Crippen molar-refractivity contribution in [2.24, 2.45) is 0 Å². The molecular formula is C22H28N3O8P. The number of nitrogens with zero attached hydrogens (tertiary/aromatic N) is 2. The van der Waals surface area contributed by atoms with Gasteiger partial charge in [-0.1, -0.05) is 18.2 Å². The topological polar surface area (TPSA) is 127 Å². The molecule has 2 aliphatic heterocycles. The third-order valence-electron chi connectivity index (χ3n) is 5.31. The van der Waals surface area contributed by atoms with Crippen molar-refractivity contribution in [3.8, 4) is 11.8 Å². The van der Waals surface area contributed by atoms with E-state index in [1.54, 1.807) is 54.9 Å². The fourth-order valence-electron chi connectivity index (χ4n) is 3.85. The van der Waals surface area contributed by atoms with Crippen LogP contribution >= 0.6 is 7.75 Å². The Morgan fingerprint density at radius 1 is 1.29 bits per heavy atom. The highest BCUT2D eigenvalue weighted by molar-refractivity contribution is 7.52. The van der Waals surface area contributed by atoms with E-state index in [2.05, 4.69) is 10.1 Å². The summed E-state index contributed by atoms with van der Waals surface area (Å²) in [6, 6.07) is 9.08. The van der Waals surface area contributed by atoms with Crippen LogP contribution in [0.15, 0.2) is 47.4 Å². The van der Waals surface area contributed by atoms with E-state index in [1.165, 1.54) is 13.0 Å². The summed E-state index contributed by atoms with van der Waals surface area (Å²) in [5, 5.41) is 2.65. The van der Waals surface area contributed by atoms with Gasteiger partial charge in [-0.25, -0.2) is 4.57 Å². The molecule has 1 aromatic heterocycles. The molecule has 0 bridgehead atoms. The van der Waals surface area contributed by atoms with Crippen molar-refractivity contribution in [1.29, 1.82) is 0 Å². The smallest absolute Gasteiger partial charge is 0.459 e. The van der Waals surface area contributed by atoms with Gasteiger partial charge in [0.05, 0.1) is 18.8 Å². The van der Waals surface area contributed by atoms with Crippen LogP contribution in [0.3, 0.4) is 0 Å². The Morgan fingerprint density at radius 3 is 2.74 bits per heavy atom. The van der Waals surface area contributed by atoms with E-state index < -0.39 is 43.2 Å². The molecule has 0 radical (unpaired) electrons. The minimum Gasteiger partial charge on any atom is -0.462 e. The second-order valence-electron chi connectivity index (χ2n) is 8.72. The molecular weight excluding hydrogens is 465 g/mol. The highest BCUT2D eigenvalue weighted by Gasteiger charge is 2.54. The van der Waals surface area contributed by atoms with Crippen molar-refractivity contribution >= 4 is 13.7 Å². The van der Waals surface area contributed by atoms with Crippen molar-refractivity contribution in [2.45, 2.75) is 64.2 Å². The number of fused-ring (bicyclic) bond motifs is 3. The first-order valence-corrected chi connectivity index (χ1v) is 12.5. The van der Waals surface area contributed by atoms with Gasteiger partial charge in [0.2, 0.25) is 0 Å². The molecule has 3 heterocycles. The fourth-order valence-corrected chi connectivity index (χ4v) is 5.37. The highest BCUT2D eigenvalue weighted by Crippen LogP contribution is 2.49. The van der Waals surface area contributed by atoms with Gasteiger partial charge in [-0.15, -0.1) is 0 Å². The van der Waals surface area contributed by atoms with E-state index in [0.29, 0.717) is 12.2 Å². The van der Waals surface area contributed by atoms with Gasteiger partial charge in [-0.2, -0.15) is 10.1 Å². The number of carbonyl (C=O) groups is 1. The van der Waals surface area contributed by atoms with Crippen LogP contribution in [0.2, 0.25) is 0 Å². The normalized spacial score (nSPS) is 25.7. The summed E-state index contributed by atoms with van der Waals surface area (Å²) < 4.78 is 43.8. The van der Waals surface area contributed by atoms with E-state index in [9.17, 15) is 14.2 Å². The second-order valence-corrected chi connectivity index (χ2v) is 10.4. The lowest BCUT2D eigenvalue weighted by molar-refractivity contribution is -0.149. The molecule has 1 aromatic carbocycles. The summed E-state index contributed by atoms with van der Waals surface area (Å²) in [6.07, 6.45) is 0.621. The van der Waals surface area contributed by atoms with Crippen LogP contribution in [0.25, 0.3) is 0 Å². The summed E-state index contributed by atoms with van der Waals surface area (Å²) in [5.41, 5.74) is -1.17. The first-order valence-electron chi connectivity index (χ1n) is 11.0. The van der Waals surface area contributed by atoms with Gasteiger partial charge in [0.15, 0.2) is 11.8 Å². The van der Waals surface area contributed by atoms with Gasteiger partial charge in [0.25, 0.3) is 5.56 Å². The van der Waals surface area contributed by atoms with Crippen molar-refractivity contribution in [3.05, 3.63) is 52.9 Å². The summed E-state index contributed by atoms with van der Waals surface area (Å²) in [7, 11) is -4.00. The maximum absolute atomic E-state index is 13.6. The average molecular weight is 493 g/mol. The number of esters is 1. The Bertz CT molecular complexity index is 1140. The van der Waals surface area contributed by atoms with Crippen molar-refractivity contribution in [1.82, 2.24) is 14.6 Å². The number of ether oxygens (including phenoxy) is 3. The van der Waals surface area contributed by atoms with Crippen LogP contribution in [-0.2, 0) is 23.4 Å². The first kappa shape index (κ1) is 24.4. The molecule has 0 aliphatic carbocycles. The fraction of sp³-hybridized carbons (Fsp3) is 0.500. The molecule has 0 saturated carbocycles. The van der Waals surface area contributed by atoms with Crippen LogP contribution in [0, 0.1) is 0 Å². The predicted octanol–water partition coefficient (Wildman–Crippen LogP) is 2.82. The third-order valence-corrected chi connectivity index (χ3v) is 6.96. The summed E-state index contributed by atoms with van der Waals surface area (Å²) in [6.45, 7) is 6.72. The molecule has 0 spiro atoms. The van der Waals surface area contributed by atoms with Gasteiger partial charge >= 0.3 is 19.7 Å². The molecule has 4 rings (SSSR count). The standard InChI is InChI=1S/C22H28N3O8P/c1-14(2)30-19(27)15(3)24-34(28,33-16-8-6-5-7-9-16)29-13-17-12-22(4)20(31-17)25-11-10-18(26)23-21(25)32-22/h5-11,14-15,17,20H,12-13H2,1-4H3,(H,24,28)/t15-,17-,20+,22-,34?/m0/s1. The molecule has 1 unspecified atom stereocenters. The number of carbonyl (C=O) groups excluding carboxylic acids is 1. The number of hydrogen-bond acceptors (Lipinski definition) is 9. The zero-order valence-corrected chi connectivity index (χ0v) is 20.3. The van der Waals surface area contributed by atoms with Gasteiger partial charge in [0.1, 0.15) is 11.8 Å². The van der Waals surface area contributed by atoms with Crippen molar-refractivity contribution in [3.63, 3.8) is 0 Å². The van der Waals surface area contributed by atoms with Crippen LogP contribution in [0.5, 0.6) is 11.8 Å². The first-order chi connectivity index (χ1) is 16.1. The average Bonchev–Trinajstić information content (AvgIpc) is 3.21. The molecule has 1 fully saturated rings. The number of nitrogens with one attached hydrogen (secondary N) is 1. The Hall–Kier alpha value is -2.72. The van der Waals surface area contributed by atoms with Gasteiger partial charge in [-0.3, -0.25) is 18.7 Å². The maximum Gasteiger partial charge on any atom is 0.459 e. The number of hydrogen-bond donors (Lipinski definition) is 1. The Balaban J connectivity index is 1.45. The van der Waals surface area contributed by atoms with Crippen LogP contribution in [0.4, 0.5) is 0 Å². The molecule has 1 saturated heterocycles. The Labute approximate surface area is 196 Å². The molecule has 5 atom stereocenters. The van der Waals surface area contributed by atoms with E-state index in [4.69, 9.17) is 23.3 Å². The zero-order valence-electron chi connectivity index (χ0n) is 19.4. The minimum absolute atomic E-state index is 0.0958. The van der Waals surface area contributed by atoms with E-state index in [1.807, 2.05) is 6.92 Å². The van der Waals surface area contributed by atoms with Crippen molar-refractivity contribution in [2.75, 3.05) is 6.61 Å². The predicted molar refractivity (Wildman–Crippen MR) is 121 cm³/mol. The lowest BCUT2D eigenvalue weighted by atomic mass is 10.0. The van der Waals surface area contributed by atoms with Gasteiger partial charge in [-0.05, 0) is 39.8 Å². The molecule has 1 N–H and O–H groups in total. The summed E-state index contributed by atoms with van der Waals surface area (Å²) in [5.74, 6) is -0.271. The second kappa shape index (κ2) is 9.50. The molecule has 2 aromatic rings. The number of rotatable bonds is 9. The molecule has 34 heavy (non-hydrogen) atoms. The van der Waals surface area contributed by atoms with E-state index >= 15 is 0 Å². The van der Waals surface area contributed by atoms with E-state index in [0.717, 1.165) is 0 Å². The highest BCUT2D eigenvalue weighted by atomic mass is 31.2. The zero-order chi connectivity index (χ0) is 24.5. The molecule has 184 valence electrons. The van der Waals surface area contributed by atoms with Crippen LogP contribution < -0.4 is 19.9 Å².